The van der Waals surface area contributed by atoms with Crippen LogP contribution in [-0.4, -0.2) is 24.6 Å². The highest BCUT2D eigenvalue weighted by Gasteiger charge is 2.18. The van der Waals surface area contributed by atoms with Gasteiger partial charge >= 0.3 is 5.97 Å². The molecule has 0 saturated carbocycles. The Labute approximate surface area is 92.5 Å². The van der Waals surface area contributed by atoms with Crippen molar-refractivity contribution >= 4 is 11.8 Å². The first-order valence-corrected chi connectivity index (χ1v) is 4.84. The number of esters is 1. The van der Waals surface area contributed by atoms with Gasteiger partial charge in [0.05, 0.1) is 5.56 Å². The Balaban J connectivity index is 1.98. The smallest absolute Gasteiger partial charge is 0.340 e. The van der Waals surface area contributed by atoms with E-state index in [0.29, 0.717) is 5.56 Å². The lowest BCUT2D eigenvalue weighted by molar-refractivity contribution is -0.132. The van der Waals surface area contributed by atoms with Crippen LogP contribution in [0.2, 0.25) is 0 Å². The number of carbonyl (C=O) groups is 2. The Hall–Kier alpha value is -1.94. The van der Waals surface area contributed by atoms with Crippen LogP contribution in [0.15, 0.2) is 42.5 Å². The van der Waals surface area contributed by atoms with Gasteiger partial charge < -0.3 is 9.47 Å². The summed E-state index contributed by atoms with van der Waals surface area (Å²) >= 11 is 0. The van der Waals surface area contributed by atoms with Crippen LogP contribution in [0.1, 0.15) is 10.4 Å². The molecule has 4 nitrogen and oxygen atoms in total. The van der Waals surface area contributed by atoms with Gasteiger partial charge in [0.2, 0.25) is 6.29 Å². The van der Waals surface area contributed by atoms with Gasteiger partial charge in [-0.25, -0.2) is 4.79 Å². The van der Waals surface area contributed by atoms with Crippen molar-refractivity contribution in [1.29, 1.82) is 0 Å². The predicted octanol–water partition coefficient (Wildman–Crippen LogP) is 1.32. The number of hydrogen-bond acceptors (Lipinski definition) is 4. The molecule has 0 aliphatic carbocycles. The molecular formula is C12H10O4. The largest absolute Gasteiger partial charge is 0.428 e. The molecule has 0 bridgehead atoms. The normalized spacial score (nSPS) is 19.5. The summed E-state index contributed by atoms with van der Waals surface area (Å²) in [5.74, 6) is -0.600. The summed E-state index contributed by atoms with van der Waals surface area (Å²) in [6.07, 6.45) is 2.00. The summed E-state index contributed by atoms with van der Waals surface area (Å²) in [7, 11) is 0. The van der Waals surface area contributed by atoms with Crippen molar-refractivity contribution in [3.63, 3.8) is 0 Å². The van der Waals surface area contributed by atoms with E-state index in [-0.39, 0.29) is 12.4 Å². The van der Waals surface area contributed by atoms with Gasteiger partial charge in [-0.1, -0.05) is 18.2 Å². The zero-order chi connectivity index (χ0) is 11.4. The second-order valence-corrected chi connectivity index (χ2v) is 3.28. The van der Waals surface area contributed by atoms with Crippen molar-refractivity contribution in [1.82, 2.24) is 0 Å². The maximum absolute atomic E-state index is 11.6. The highest BCUT2D eigenvalue weighted by molar-refractivity contribution is 5.92. The van der Waals surface area contributed by atoms with Crippen LogP contribution in [0.5, 0.6) is 0 Å². The molecule has 1 aromatic carbocycles. The van der Waals surface area contributed by atoms with E-state index in [1.165, 1.54) is 12.2 Å². The topological polar surface area (TPSA) is 52.6 Å². The van der Waals surface area contributed by atoms with Crippen molar-refractivity contribution in [2.45, 2.75) is 6.29 Å². The molecule has 0 N–H and O–H groups in total. The fourth-order valence-electron chi connectivity index (χ4n) is 1.27. The third-order valence-corrected chi connectivity index (χ3v) is 2.06. The SMILES string of the molecule is O=C1C=C[C@@H](OC(=O)c2ccccc2)OC1. The van der Waals surface area contributed by atoms with Gasteiger partial charge in [-0.3, -0.25) is 4.79 Å². The van der Waals surface area contributed by atoms with E-state index in [0.717, 1.165) is 0 Å². The number of carbonyl (C=O) groups excluding carboxylic acids is 2. The first kappa shape index (κ1) is 10.6. The predicted molar refractivity (Wildman–Crippen MR) is 55.7 cm³/mol. The van der Waals surface area contributed by atoms with E-state index < -0.39 is 12.3 Å². The minimum Gasteiger partial charge on any atom is -0.428 e. The summed E-state index contributed by atoms with van der Waals surface area (Å²) in [5.41, 5.74) is 0.455. The molecular weight excluding hydrogens is 208 g/mol. The Kier molecular flexibility index (Phi) is 3.12. The number of benzene rings is 1. The molecule has 1 atom stereocenters. The Morgan fingerprint density at radius 1 is 1.31 bits per heavy atom. The van der Waals surface area contributed by atoms with Gasteiger partial charge in [-0.2, -0.15) is 0 Å². The molecule has 0 spiro atoms. The molecule has 0 fully saturated rings. The molecule has 0 aromatic heterocycles. The van der Waals surface area contributed by atoms with Crippen LogP contribution in [0.4, 0.5) is 0 Å². The van der Waals surface area contributed by atoms with Crippen LogP contribution in [0.3, 0.4) is 0 Å². The van der Waals surface area contributed by atoms with Gasteiger partial charge in [-0.05, 0) is 24.3 Å². The van der Waals surface area contributed by atoms with Crippen LogP contribution < -0.4 is 0 Å². The first-order valence-electron chi connectivity index (χ1n) is 4.84. The monoisotopic (exact) mass is 218 g/mol. The van der Waals surface area contributed by atoms with Gasteiger partial charge in [0.25, 0.3) is 0 Å². The van der Waals surface area contributed by atoms with Crippen molar-refractivity contribution in [2.75, 3.05) is 6.61 Å². The average Bonchev–Trinajstić information content (AvgIpc) is 2.33. The minimum absolute atomic E-state index is 0.0523. The third kappa shape index (κ3) is 2.55. The molecule has 4 heteroatoms. The standard InChI is InChI=1S/C12H10O4/c13-10-6-7-11(15-8-10)16-12(14)9-4-2-1-3-5-9/h1-7,11H,8H2/t11-/m1/s1. The molecule has 0 unspecified atom stereocenters. The van der Waals surface area contributed by atoms with Crippen molar-refractivity contribution in [3.05, 3.63) is 48.0 Å². The summed E-state index contributed by atoms with van der Waals surface area (Å²) < 4.78 is 10.0. The molecule has 0 saturated heterocycles. The molecule has 0 radical (unpaired) electrons. The van der Waals surface area contributed by atoms with Crippen LogP contribution in [-0.2, 0) is 14.3 Å². The highest BCUT2D eigenvalue weighted by atomic mass is 16.7. The first-order chi connectivity index (χ1) is 7.75. The summed E-state index contributed by atoms with van der Waals surface area (Å²) in [5, 5.41) is 0. The maximum atomic E-state index is 11.6. The van der Waals surface area contributed by atoms with E-state index in [9.17, 15) is 9.59 Å². The summed E-state index contributed by atoms with van der Waals surface area (Å²) in [6.45, 7) is -0.0523. The second-order valence-electron chi connectivity index (χ2n) is 3.28. The molecule has 0 amide bonds. The number of hydrogen-bond donors (Lipinski definition) is 0. The second kappa shape index (κ2) is 4.72. The average molecular weight is 218 g/mol. The van der Waals surface area contributed by atoms with E-state index in [2.05, 4.69) is 0 Å². The van der Waals surface area contributed by atoms with Crippen LogP contribution in [0, 0.1) is 0 Å². The van der Waals surface area contributed by atoms with E-state index >= 15 is 0 Å². The van der Waals surface area contributed by atoms with Crippen molar-refractivity contribution < 1.29 is 19.1 Å². The zero-order valence-corrected chi connectivity index (χ0v) is 8.46. The molecule has 1 aliphatic heterocycles. The lowest BCUT2D eigenvalue weighted by atomic mass is 10.2. The molecule has 1 aliphatic rings. The molecule has 1 aromatic rings. The Morgan fingerprint density at radius 2 is 2.06 bits per heavy atom. The van der Waals surface area contributed by atoms with E-state index in [1.54, 1.807) is 24.3 Å². The quantitative estimate of drug-likeness (QED) is 0.702. The Bertz CT molecular complexity index is 422. The van der Waals surface area contributed by atoms with Gasteiger partial charge in [0, 0.05) is 0 Å². The third-order valence-electron chi connectivity index (χ3n) is 2.06. The zero-order valence-electron chi connectivity index (χ0n) is 8.46. The van der Waals surface area contributed by atoms with Gasteiger partial charge in [0.1, 0.15) is 6.61 Å². The highest BCUT2D eigenvalue weighted by Crippen LogP contribution is 2.08. The fourth-order valence-corrected chi connectivity index (χ4v) is 1.27. The fraction of sp³-hybridized carbons (Fsp3) is 0.167. The summed E-state index contributed by atoms with van der Waals surface area (Å²) in [6, 6.07) is 8.61. The molecule has 82 valence electrons. The van der Waals surface area contributed by atoms with Gasteiger partial charge in [0.15, 0.2) is 5.78 Å². The summed E-state index contributed by atoms with van der Waals surface area (Å²) in [4.78, 5) is 22.4. The van der Waals surface area contributed by atoms with Crippen molar-refractivity contribution in [2.24, 2.45) is 0 Å². The minimum atomic E-state index is -0.773. The lowest BCUT2D eigenvalue weighted by Crippen LogP contribution is -2.25. The van der Waals surface area contributed by atoms with Crippen LogP contribution >= 0.6 is 0 Å². The molecule has 16 heavy (non-hydrogen) atoms. The van der Waals surface area contributed by atoms with Gasteiger partial charge in [-0.15, -0.1) is 0 Å². The number of rotatable bonds is 2. The molecule has 2 rings (SSSR count). The molecule has 1 heterocycles. The van der Waals surface area contributed by atoms with Crippen LogP contribution in [0.25, 0.3) is 0 Å². The van der Waals surface area contributed by atoms with E-state index in [4.69, 9.17) is 9.47 Å². The number of ketones is 1. The lowest BCUT2D eigenvalue weighted by Gasteiger charge is -2.17. The Morgan fingerprint density at radius 3 is 2.69 bits per heavy atom. The maximum Gasteiger partial charge on any atom is 0.340 e. The van der Waals surface area contributed by atoms with E-state index in [1.807, 2.05) is 6.07 Å². The van der Waals surface area contributed by atoms with Crippen molar-refractivity contribution in [3.8, 4) is 0 Å². The number of ether oxygens (including phenoxy) is 2.